The van der Waals surface area contributed by atoms with Crippen LogP contribution in [0.15, 0.2) is 0 Å². The summed E-state index contributed by atoms with van der Waals surface area (Å²) in [5, 5.41) is 5.50. The summed E-state index contributed by atoms with van der Waals surface area (Å²) >= 11 is 0. The van der Waals surface area contributed by atoms with Crippen LogP contribution in [0.4, 0.5) is 0 Å². The molecule has 1 saturated carbocycles. The fourth-order valence-corrected chi connectivity index (χ4v) is 1.62. The summed E-state index contributed by atoms with van der Waals surface area (Å²) in [6.45, 7) is 0. The van der Waals surface area contributed by atoms with Gasteiger partial charge in [0.05, 0.1) is 0 Å². The Morgan fingerprint density at radius 3 is 1.42 bits per heavy atom. The van der Waals surface area contributed by atoms with Crippen molar-refractivity contribution in [3.63, 3.8) is 0 Å². The fourth-order valence-electron chi connectivity index (χ4n) is 1.62. The summed E-state index contributed by atoms with van der Waals surface area (Å²) in [6.07, 6.45) is 5.35. The molecule has 0 atom stereocenters. The van der Waals surface area contributed by atoms with Gasteiger partial charge < -0.3 is 10.6 Å². The summed E-state index contributed by atoms with van der Waals surface area (Å²) in [5.41, 5.74) is 0. The van der Waals surface area contributed by atoms with Gasteiger partial charge in [-0.15, -0.1) is 0 Å². The van der Waals surface area contributed by atoms with Gasteiger partial charge in [0.1, 0.15) is 0 Å². The average Bonchev–Trinajstić information content (AvgIpc) is 2.09. The Morgan fingerprint density at radius 2 is 1.17 bits per heavy atom. The zero-order valence-electron chi connectivity index (χ0n) is 6.95. The first kappa shape index (κ1) is 9.03. The van der Waals surface area contributed by atoms with E-state index in [2.05, 4.69) is 10.6 Å². The normalized spacial score (nSPS) is 29.0. The van der Waals surface area contributed by atoms with Gasteiger partial charge in [-0.3, -0.25) is 9.59 Å². The predicted octanol–water partition coefficient (Wildman–Crippen LogP) is -0.210. The molecule has 0 unspecified atom stereocenters. The molecule has 2 amide bonds. The maximum atomic E-state index is 10.1. The largest absolute Gasteiger partial charge is 0.356 e. The highest BCUT2D eigenvalue weighted by molar-refractivity contribution is 5.47. The molecule has 68 valence electrons. The first-order chi connectivity index (χ1) is 5.86. The Bertz CT molecular complexity index is 135. The van der Waals surface area contributed by atoms with Crippen LogP contribution in [0.1, 0.15) is 25.7 Å². The molecule has 12 heavy (non-hydrogen) atoms. The number of hydrogen-bond acceptors (Lipinski definition) is 2. The van der Waals surface area contributed by atoms with Gasteiger partial charge in [0.15, 0.2) is 0 Å². The van der Waals surface area contributed by atoms with Gasteiger partial charge in [-0.2, -0.15) is 0 Å². The van der Waals surface area contributed by atoms with Crippen LogP contribution in [0.5, 0.6) is 0 Å². The van der Waals surface area contributed by atoms with Gasteiger partial charge in [-0.1, -0.05) is 0 Å². The van der Waals surface area contributed by atoms with E-state index in [0.717, 1.165) is 38.5 Å². The monoisotopic (exact) mass is 170 g/mol. The van der Waals surface area contributed by atoms with E-state index in [4.69, 9.17) is 0 Å². The molecular weight excluding hydrogens is 156 g/mol. The van der Waals surface area contributed by atoms with Crippen molar-refractivity contribution in [3.8, 4) is 0 Å². The smallest absolute Gasteiger partial charge is 0.207 e. The first-order valence-electron chi connectivity index (χ1n) is 4.26. The van der Waals surface area contributed by atoms with Crippen molar-refractivity contribution in [3.05, 3.63) is 0 Å². The van der Waals surface area contributed by atoms with E-state index < -0.39 is 0 Å². The van der Waals surface area contributed by atoms with E-state index in [0.29, 0.717) is 12.1 Å². The standard InChI is InChI=1S/C8H14N2O2/c11-5-9-7-1-2-8(4-3-7)10-6-12/h5-8H,1-4H2,(H,9,11)(H,10,12)/t7-,8-. The van der Waals surface area contributed by atoms with E-state index >= 15 is 0 Å². The molecule has 0 radical (unpaired) electrons. The minimum absolute atomic E-state index is 0.312. The Balaban J connectivity index is 2.19. The van der Waals surface area contributed by atoms with Gasteiger partial charge in [0, 0.05) is 12.1 Å². The van der Waals surface area contributed by atoms with E-state index in [-0.39, 0.29) is 0 Å². The molecule has 0 spiro atoms. The van der Waals surface area contributed by atoms with Crippen LogP contribution in [0.3, 0.4) is 0 Å². The third kappa shape index (κ3) is 2.53. The molecule has 1 aliphatic carbocycles. The Kier molecular flexibility index (Phi) is 3.57. The lowest BCUT2D eigenvalue weighted by molar-refractivity contribution is -0.111. The predicted molar refractivity (Wildman–Crippen MR) is 44.4 cm³/mol. The number of rotatable bonds is 4. The van der Waals surface area contributed by atoms with Crippen LogP contribution in [-0.4, -0.2) is 24.9 Å². The zero-order chi connectivity index (χ0) is 8.81. The molecule has 1 fully saturated rings. The van der Waals surface area contributed by atoms with Crippen molar-refractivity contribution in [1.82, 2.24) is 10.6 Å². The van der Waals surface area contributed by atoms with Gasteiger partial charge in [-0.05, 0) is 25.7 Å². The summed E-state index contributed by atoms with van der Waals surface area (Å²) in [6, 6.07) is 0.624. The molecule has 2 N–H and O–H groups in total. The topological polar surface area (TPSA) is 58.2 Å². The van der Waals surface area contributed by atoms with Crippen molar-refractivity contribution in [1.29, 1.82) is 0 Å². The summed E-state index contributed by atoms with van der Waals surface area (Å²) < 4.78 is 0. The lowest BCUT2D eigenvalue weighted by atomic mass is 9.91. The van der Waals surface area contributed by atoms with Crippen LogP contribution < -0.4 is 10.6 Å². The summed E-state index contributed by atoms with van der Waals surface area (Å²) in [5.74, 6) is 0. The minimum Gasteiger partial charge on any atom is -0.356 e. The third-order valence-corrected chi connectivity index (χ3v) is 2.33. The van der Waals surface area contributed by atoms with E-state index in [9.17, 15) is 9.59 Å². The lowest BCUT2D eigenvalue weighted by Gasteiger charge is -2.27. The molecular formula is C8H14N2O2. The summed E-state index contributed by atoms with van der Waals surface area (Å²) in [7, 11) is 0. The number of hydrogen-bond donors (Lipinski definition) is 2. The molecule has 4 heteroatoms. The second-order valence-electron chi connectivity index (χ2n) is 3.12. The lowest BCUT2D eigenvalue weighted by Crippen LogP contribution is -2.38. The molecule has 1 aliphatic rings. The molecule has 0 aromatic rings. The van der Waals surface area contributed by atoms with Crippen LogP contribution in [0.2, 0.25) is 0 Å². The SMILES string of the molecule is O=CN[C@H]1CC[C@H](NC=O)CC1. The van der Waals surface area contributed by atoms with Gasteiger partial charge in [0.2, 0.25) is 12.8 Å². The van der Waals surface area contributed by atoms with Gasteiger partial charge >= 0.3 is 0 Å². The minimum atomic E-state index is 0.312. The zero-order valence-corrected chi connectivity index (χ0v) is 6.95. The molecule has 4 nitrogen and oxygen atoms in total. The van der Waals surface area contributed by atoms with Crippen molar-refractivity contribution in [2.45, 2.75) is 37.8 Å². The van der Waals surface area contributed by atoms with Crippen molar-refractivity contribution >= 4 is 12.8 Å². The Hall–Kier alpha value is -1.06. The molecule has 0 aliphatic heterocycles. The van der Waals surface area contributed by atoms with Crippen LogP contribution >= 0.6 is 0 Å². The van der Waals surface area contributed by atoms with Gasteiger partial charge in [-0.25, -0.2) is 0 Å². The number of amides is 2. The highest BCUT2D eigenvalue weighted by Gasteiger charge is 2.19. The van der Waals surface area contributed by atoms with Crippen LogP contribution in [0.25, 0.3) is 0 Å². The molecule has 0 aromatic heterocycles. The molecule has 0 saturated heterocycles. The maximum absolute atomic E-state index is 10.1. The Labute approximate surface area is 71.7 Å². The number of carbonyl (C=O) groups is 2. The highest BCUT2D eigenvalue weighted by Crippen LogP contribution is 2.17. The highest BCUT2D eigenvalue weighted by atomic mass is 16.1. The molecule has 0 bridgehead atoms. The first-order valence-corrected chi connectivity index (χ1v) is 4.26. The van der Waals surface area contributed by atoms with Gasteiger partial charge in [0.25, 0.3) is 0 Å². The average molecular weight is 170 g/mol. The number of nitrogens with one attached hydrogen (secondary N) is 2. The fraction of sp³-hybridized carbons (Fsp3) is 0.750. The number of carbonyl (C=O) groups excluding carboxylic acids is 2. The van der Waals surface area contributed by atoms with Crippen LogP contribution in [-0.2, 0) is 9.59 Å². The van der Waals surface area contributed by atoms with E-state index in [1.54, 1.807) is 0 Å². The Morgan fingerprint density at radius 1 is 0.833 bits per heavy atom. The van der Waals surface area contributed by atoms with E-state index in [1.165, 1.54) is 0 Å². The molecule has 0 aromatic carbocycles. The second-order valence-corrected chi connectivity index (χ2v) is 3.12. The van der Waals surface area contributed by atoms with Crippen LogP contribution in [0, 0.1) is 0 Å². The van der Waals surface area contributed by atoms with Crippen molar-refractivity contribution in [2.24, 2.45) is 0 Å². The maximum Gasteiger partial charge on any atom is 0.207 e. The quantitative estimate of drug-likeness (QED) is 0.573. The van der Waals surface area contributed by atoms with Crippen molar-refractivity contribution < 1.29 is 9.59 Å². The molecule has 0 heterocycles. The third-order valence-electron chi connectivity index (χ3n) is 2.33. The second kappa shape index (κ2) is 4.74. The van der Waals surface area contributed by atoms with E-state index in [1.807, 2.05) is 0 Å². The van der Waals surface area contributed by atoms with Crippen molar-refractivity contribution in [2.75, 3.05) is 0 Å². The summed E-state index contributed by atoms with van der Waals surface area (Å²) in [4.78, 5) is 20.2. The molecule has 1 rings (SSSR count).